The van der Waals surface area contributed by atoms with Crippen LogP contribution in [0, 0.1) is 0 Å². The fourth-order valence-electron chi connectivity index (χ4n) is 1.62. The Balaban J connectivity index is 2.41. The van der Waals surface area contributed by atoms with Crippen molar-refractivity contribution in [3.05, 3.63) is 48.0 Å². The Hall–Kier alpha value is -2.69. The van der Waals surface area contributed by atoms with Gasteiger partial charge in [0.2, 0.25) is 0 Å². The molecule has 0 saturated carbocycles. The summed E-state index contributed by atoms with van der Waals surface area (Å²) >= 11 is 0. The molecule has 0 bridgehead atoms. The number of ether oxygens (including phenoxy) is 2. The number of hydrogen-bond donors (Lipinski definition) is 2. The number of benzene rings is 2. The average Bonchev–Trinajstić information content (AvgIpc) is 2.41. The van der Waals surface area contributed by atoms with Crippen molar-refractivity contribution in [3.8, 4) is 17.2 Å². The van der Waals surface area contributed by atoms with Gasteiger partial charge in [0.1, 0.15) is 17.1 Å². The predicted molar refractivity (Wildman–Crippen MR) is 70.9 cm³/mol. The van der Waals surface area contributed by atoms with Gasteiger partial charge in [0.15, 0.2) is 5.75 Å². The topological polar surface area (TPSA) is 81.8 Å². The van der Waals surface area contributed by atoms with Gasteiger partial charge in [-0.25, -0.2) is 4.79 Å². The molecule has 2 aromatic rings. The summed E-state index contributed by atoms with van der Waals surface area (Å²) in [6.07, 6.45) is 0. The fraction of sp³-hybridized carbons (Fsp3) is 0.0714. The van der Waals surface area contributed by atoms with Crippen molar-refractivity contribution in [3.63, 3.8) is 0 Å². The third-order valence-electron chi connectivity index (χ3n) is 2.53. The van der Waals surface area contributed by atoms with Gasteiger partial charge in [-0.15, -0.1) is 0 Å². The number of carboxylic acid groups (broad SMARTS) is 1. The molecule has 5 nitrogen and oxygen atoms in total. The van der Waals surface area contributed by atoms with E-state index in [2.05, 4.69) is 0 Å². The van der Waals surface area contributed by atoms with Crippen LogP contribution in [0.3, 0.4) is 0 Å². The molecule has 98 valence electrons. The average molecular weight is 259 g/mol. The second-order valence-electron chi connectivity index (χ2n) is 3.81. The predicted octanol–water partition coefficient (Wildman–Crippen LogP) is 2.77. The van der Waals surface area contributed by atoms with E-state index in [0.29, 0.717) is 11.4 Å². The van der Waals surface area contributed by atoms with Gasteiger partial charge in [-0.1, -0.05) is 18.2 Å². The first-order valence-corrected chi connectivity index (χ1v) is 5.55. The highest BCUT2D eigenvalue weighted by atomic mass is 16.5. The molecule has 0 fully saturated rings. The molecule has 0 heterocycles. The smallest absolute Gasteiger partial charge is 0.339 e. The zero-order valence-corrected chi connectivity index (χ0v) is 10.3. The lowest BCUT2D eigenvalue weighted by Gasteiger charge is -2.12. The first-order valence-electron chi connectivity index (χ1n) is 5.55. The van der Waals surface area contributed by atoms with Crippen molar-refractivity contribution in [1.82, 2.24) is 0 Å². The van der Waals surface area contributed by atoms with E-state index in [1.54, 1.807) is 12.1 Å². The zero-order chi connectivity index (χ0) is 13.8. The molecule has 5 heteroatoms. The van der Waals surface area contributed by atoms with E-state index >= 15 is 0 Å². The molecule has 2 rings (SSSR count). The van der Waals surface area contributed by atoms with Crippen LogP contribution in [0.2, 0.25) is 0 Å². The number of carbonyl (C=O) groups is 1. The van der Waals surface area contributed by atoms with E-state index in [-0.39, 0.29) is 17.1 Å². The molecular formula is C14H13NO4. The Kier molecular flexibility index (Phi) is 3.56. The Morgan fingerprint density at radius 1 is 1.16 bits per heavy atom. The van der Waals surface area contributed by atoms with Crippen LogP contribution in [0.5, 0.6) is 17.2 Å². The van der Waals surface area contributed by atoms with Gasteiger partial charge < -0.3 is 20.3 Å². The van der Waals surface area contributed by atoms with Crippen molar-refractivity contribution in [1.29, 1.82) is 0 Å². The lowest BCUT2D eigenvalue weighted by Crippen LogP contribution is -2.03. The monoisotopic (exact) mass is 259 g/mol. The molecule has 0 aliphatic heterocycles. The van der Waals surface area contributed by atoms with Crippen LogP contribution in [0.4, 0.5) is 5.69 Å². The molecule has 2 aromatic carbocycles. The summed E-state index contributed by atoms with van der Waals surface area (Å²) < 4.78 is 10.5. The number of anilines is 1. The molecule has 0 amide bonds. The summed E-state index contributed by atoms with van der Waals surface area (Å²) in [5.74, 6) is -0.0414. The number of methoxy groups -OCH3 is 1. The third-order valence-corrected chi connectivity index (χ3v) is 2.53. The minimum atomic E-state index is -1.10. The van der Waals surface area contributed by atoms with E-state index in [9.17, 15) is 4.79 Å². The maximum absolute atomic E-state index is 11.1. The molecule has 0 atom stereocenters. The van der Waals surface area contributed by atoms with E-state index in [4.69, 9.17) is 20.3 Å². The molecule has 0 radical (unpaired) electrons. The van der Waals surface area contributed by atoms with Crippen molar-refractivity contribution in [2.45, 2.75) is 0 Å². The van der Waals surface area contributed by atoms with Crippen LogP contribution in [0.25, 0.3) is 0 Å². The van der Waals surface area contributed by atoms with Crippen LogP contribution in [-0.4, -0.2) is 18.2 Å². The van der Waals surface area contributed by atoms with Crippen LogP contribution in [-0.2, 0) is 0 Å². The van der Waals surface area contributed by atoms with Gasteiger partial charge in [-0.05, 0) is 12.1 Å². The highest BCUT2D eigenvalue weighted by Crippen LogP contribution is 2.33. The van der Waals surface area contributed by atoms with E-state index in [1.165, 1.54) is 19.2 Å². The van der Waals surface area contributed by atoms with Crippen LogP contribution in [0.15, 0.2) is 42.5 Å². The quantitative estimate of drug-likeness (QED) is 0.825. The van der Waals surface area contributed by atoms with Gasteiger partial charge in [-0.2, -0.15) is 0 Å². The third kappa shape index (κ3) is 2.77. The highest BCUT2D eigenvalue weighted by Gasteiger charge is 2.15. The number of nitrogen functional groups attached to an aromatic ring is 1. The standard InChI is InChI=1S/C14H13NO4/c1-18-12-8-11(15)13(7-10(12)14(16)17)19-9-5-3-2-4-6-9/h2-8H,15H2,1H3,(H,16,17). The lowest BCUT2D eigenvalue weighted by molar-refractivity contribution is 0.0693. The van der Waals surface area contributed by atoms with Crippen LogP contribution >= 0.6 is 0 Å². The maximum Gasteiger partial charge on any atom is 0.339 e. The molecule has 0 aliphatic rings. The van der Waals surface area contributed by atoms with Crippen molar-refractivity contribution in [2.75, 3.05) is 12.8 Å². The molecule has 0 spiro atoms. The molecule has 0 saturated heterocycles. The second kappa shape index (κ2) is 5.30. The van der Waals surface area contributed by atoms with Crippen molar-refractivity contribution < 1.29 is 19.4 Å². The minimum absolute atomic E-state index is 0.00244. The Labute approximate surface area is 110 Å². The minimum Gasteiger partial charge on any atom is -0.496 e. The summed E-state index contributed by atoms with van der Waals surface area (Å²) in [5, 5.41) is 9.10. The van der Waals surface area contributed by atoms with E-state index in [0.717, 1.165) is 0 Å². The normalized spacial score (nSPS) is 9.95. The summed E-state index contributed by atoms with van der Waals surface area (Å²) in [4.78, 5) is 11.1. The van der Waals surface area contributed by atoms with Gasteiger partial charge in [0.25, 0.3) is 0 Å². The molecule has 0 aromatic heterocycles. The van der Waals surface area contributed by atoms with Crippen molar-refractivity contribution >= 4 is 11.7 Å². The maximum atomic E-state index is 11.1. The Bertz CT molecular complexity index is 596. The van der Waals surface area contributed by atoms with E-state index < -0.39 is 5.97 Å². The Morgan fingerprint density at radius 2 is 1.84 bits per heavy atom. The lowest BCUT2D eigenvalue weighted by atomic mass is 10.1. The van der Waals surface area contributed by atoms with E-state index in [1.807, 2.05) is 18.2 Å². The van der Waals surface area contributed by atoms with Gasteiger partial charge in [0, 0.05) is 12.1 Å². The molecule has 3 N–H and O–H groups in total. The van der Waals surface area contributed by atoms with Crippen LogP contribution in [0.1, 0.15) is 10.4 Å². The molecule has 19 heavy (non-hydrogen) atoms. The summed E-state index contributed by atoms with van der Waals surface area (Å²) in [5.41, 5.74) is 6.13. The molecule has 0 aliphatic carbocycles. The first-order chi connectivity index (χ1) is 9.11. The second-order valence-corrected chi connectivity index (χ2v) is 3.81. The zero-order valence-electron chi connectivity index (χ0n) is 10.3. The van der Waals surface area contributed by atoms with Gasteiger partial charge in [0.05, 0.1) is 12.8 Å². The van der Waals surface area contributed by atoms with Crippen molar-refractivity contribution in [2.24, 2.45) is 0 Å². The number of nitrogens with two attached hydrogens (primary N) is 1. The molecular weight excluding hydrogens is 246 g/mol. The Morgan fingerprint density at radius 3 is 2.42 bits per heavy atom. The summed E-state index contributed by atoms with van der Waals surface area (Å²) in [6.45, 7) is 0. The fourth-order valence-corrected chi connectivity index (χ4v) is 1.62. The first kappa shape index (κ1) is 12.8. The SMILES string of the molecule is COc1cc(N)c(Oc2ccccc2)cc1C(=O)O. The number of hydrogen-bond acceptors (Lipinski definition) is 4. The summed E-state index contributed by atoms with van der Waals surface area (Å²) in [6, 6.07) is 11.8. The van der Waals surface area contributed by atoms with Gasteiger partial charge in [-0.3, -0.25) is 0 Å². The highest BCUT2D eigenvalue weighted by molar-refractivity contribution is 5.92. The largest absolute Gasteiger partial charge is 0.496 e. The number of aromatic carboxylic acids is 1. The number of para-hydroxylation sites is 1. The van der Waals surface area contributed by atoms with Crippen LogP contribution < -0.4 is 15.2 Å². The van der Waals surface area contributed by atoms with Gasteiger partial charge >= 0.3 is 5.97 Å². The summed E-state index contributed by atoms with van der Waals surface area (Å²) in [7, 11) is 1.39. The number of carboxylic acids is 1. The molecule has 0 unspecified atom stereocenters. The number of rotatable bonds is 4.